The monoisotopic (exact) mass is 645 g/mol. The molecule has 3 N–H and O–H groups in total. The molecule has 1 heterocycles. The summed E-state index contributed by atoms with van der Waals surface area (Å²) in [6, 6.07) is 20.2. The second-order valence-corrected chi connectivity index (χ2v) is 10.2. The third-order valence-electron chi connectivity index (χ3n) is 6.44. The van der Waals surface area contributed by atoms with Gasteiger partial charge in [0.15, 0.2) is 0 Å². The number of nitrogens with one attached hydrogen (secondary N) is 3. The van der Waals surface area contributed by atoms with Gasteiger partial charge in [0.25, 0.3) is 0 Å². The van der Waals surface area contributed by atoms with E-state index in [9.17, 15) is 19.2 Å². The van der Waals surface area contributed by atoms with Crippen LogP contribution in [-0.2, 0) is 30.3 Å². The van der Waals surface area contributed by atoms with E-state index in [1.165, 1.54) is 17.1 Å². The minimum absolute atomic E-state index is 0.0493. The molecule has 1 aromatic heterocycles. The number of rotatable bonds is 14. The molecule has 0 radical (unpaired) electrons. The van der Waals surface area contributed by atoms with Crippen molar-refractivity contribution in [2.24, 2.45) is 0 Å². The van der Waals surface area contributed by atoms with Gasteiger partial charge in [0.2, 0.25) is 11.8 Å². The first-order valence-corrected chi connectivity index (χ1v) is 14.7. The molecule has 3 amide bonds. The molecule has 1 atom stereocenters. The zero-order valence-electron chi connectivity index (χ0n) is 24.9. The lowest BCUT2D eigenvalue weighted by Gasteiger charge is -2.18. The van der Waals surface area contributed by atoms with Crippen molar-refractivity contribution in [3.05, 3.63) is 101 Å². The van der Waals surface area contributed by atoms with Gasteiger partial charge in [-0.25, -0.2) is 4.79 Å². The van der Waals surface area contributed by atoms with Crippen LogP contribution < -0.4 is 16.0 Å². The van der Waals surface area contributed by atoms with Gasteiger partial charge in [-0.1, -0.05) is 41.9 Å². The quantitative estimate of drug-likeness (QED) is 0.131. The van der Waals surface area contributed by atoms with Gasteiger partial charge < -0.3 is 20.1 Å². The summed E-state index contributed by atoms with van der Waals surface area (Å²) in [4.78, 5) is 49.8. The van der Waals surface area contributed by atoms with E-state index >= 15 is 0 Å². The molecule has 0 bridgehead atoms. The van der Waals surface area contributed by atoms with Crippen LogP contribution in [0.5, 0.6) is 0 Å². The maximum atomic E-state index is 13.4. The summed E-state index contributed by atoms with van der Waals surface area (Å²) in [7, 11) is 0. The number of halogens is 1. The van der Waals surface area contributed by atoms with E-state index in [0.29, 0.717) is 40.5 Å². The van der Waals surface area contributed by atoms with Crippen LogP contribution in [0, 0.1) is 0 Å². The van der Waals surface area contributed by atoms with Gasteiger partial charge >= 0.3 is 12.1 Å². The fraction of sp³-hybridized carbons (Fsp3) is 0.219. The first-order valence-electron chi connectivity index (χ1n) is 14.4. The standard InChI is InChI=1S/C32H32ClN7O6/c1-2-45-30(42)18-19-46-32(44)36-26-13-11-25(12-14-26)35-31(43)27(15-8-22-6-4-3-5-7-22)37-29(41)17-9-23-20-24(33)10-16-28(23)40-21-34-38-39-40/h3-7,9-14,16-17,20-21,27H,2,8,15,18-19H2,1H3,(H,35,43)(H,36,44)(H,37,41)/b17-9+/t27-/m0/s1. The van der Waals surface area contributed by atoms with Crippen molar-refractivity contribution >= 4 is 52.9 Å². The molecule has 46 heavy (non-hydrogen) atoms. The van der Waals surface area contributed by atoms with E-state index in [1.54, 1.807) is 55.5 Å². The average molecular weight is 646 g/mol. The molecular formula is C32H32ClN7O6. The van der Waals surface area contributed by atoms with Crippen molar-refractivity contribution in [1.29, 1.82) is 0 Å². The van der Waals surface area contributed by atoms with Gasteiger partial charge in [0.1, 0.15) is 19.0 Å². The number of tetrazole rings is 1. The number of amides is 3. The molecule has 0 saturated heterocycles. The van der Waals surface area contributed by atoms with E-state index in [1.807, 2.05) is 30.3 Å². The Labute approximate surface area is 269 Å². The number of aromatic nitrogens is 4. The van der Waals surface area contributed by atoms with Crippen LogP contribution in [0.4, 0.5) is 16.2 Å². The maximum Gasteiger partial charge on any atom is 0.411 e. The molecule has 0 unspecified atom stereocenters. The van der Waals surface area contributed by atoms with Gasteiger partial charge in [0.05, 0.1) is 18.7 Å². The van der Waals surface area contributed by atoms with E-state index in [0.717, 1.165) is 5.56 Å². The molecule has 0 aliphatic carbocycles. The number of carbonyl (C=O) groups excluding carboxylic acids is 4. The fourth-order valence-electron chi connectivity index (χ4n) is 4.23. The highest BCUT2D eigenvalue weighted by atomic mass is 35.5. The van der Waals surface area contributed by atoms with Gasteiger partial charge in [-0.3, -0.25) is 19.7 Å². The maximum absolute atomic E-state index is 13.4. The lowest BCUT2D eigenvalue weighted by molar-refractivity contribution is -0.143. The van der Waals surface area contributed by atoms with Gasteiger partial charge in [0, 0.05) is 28.0 Å². The Bertz CT molecular complexity index is 1650. The Hall–Kier alpha value is -5.56. The average Bonchev–Trinajstić information content (AvgIpc) is 3.58. The van der Waals surface area contributed by atoms with E-state index in [2.05, 4.69) is 31.5 Å². The lowest BCUT2D eigenvalue weighted by atomic mass is 10.0. The first-order chi connectivity index (χ1) is 22.3. The molecule has 0 fully saturated rings. The highest BCUT2D eigenvalue weighted by Crippen LogP contribution is 2.20. The van der Waals surface area contributed by atoms with Gasteiger partial charge in [-0.15, -0.1) is 5.10 Å². The van der Waals surface area contributed by atoms with Crippen LogP contribution in [0.2, 0.25) is 5.02 Å². The number of esters is 1. The number of hydrogen-bond donors (Lipinski definition) is 3. The summed E-state index contributed by atoms with van der Waals surface area (Å²) in [6.45, 7) is 1.82. The van der Waals surface area contributed by atoms with Crippen molar-refractivity contribution in [3.63, 3.8) is 0 Å². The number of nitrogens with zero attached hydrogens (tertiary/aromatic N) is 4. The van der Waals surface area contributed by atoms with Crippen LogP contribution in [0.1, 0.15) is 30.9 Å². The third kappa shape index (κ3) is 10.6. The Morgan fingerprint density at radius 1 is 0.957 bits per heavy atom. The van der Waals surface area contributed by atoms with Gasteiger partial charge in [-0.05, 0) is 84.3 Å². The normalized spacial score (nSPS) is 11.4. The fourth-order valence-corrected chi connectivity index (χ4v) is 4.41. The predicted molar refractivity (Wildman–Crippen MR) is 171 cm³/mol. The minimum Gasteiger partial charge on any atom is -0.466 e. The highest BCUT2D eigenvalue weighted by Gasteiger charge is 2.20. The SMILES string of the molecule is CCOC(=O)CCOC(=O)Nc1ccc(NC(=O)[C@H](CCc2ccccc2)NC(=O)/C=C/c2cc(Cl)ccc2-n2cnnn2)cc1. The molecular weight excluding hydrogens is 614 g/mol. The zero-order valence-corrected chi connectivity index (χ0v) is 25.6. The second kappa shape index (κ2) is 17.1. The number of aryl methyl sites for hydroxylation is 1. The highest BCUT2D eigenvalue weighted by molar-refractivity contribution is 6.30. The summed E-state index contributed by atoms with van der Waals surface area (Å²) < 4.78 is 11.2. The van der Waals surface area contributed by atoms with Gasteiger partial charge in [-0.2, -0.15) is 4.68 Å². The molecule has 3 aromatic carbocycles. The largest absolute Gasteiger partial charge is 0.466 e. The summed E-state index contributed by atoms with van der Waals surface area (Å²) in [6.07, 6.45) is 4.40. The second-order valence-electron chi connectivity index (χ2n) is 9.76. The van der Waals surface area contributed by atoms with Crippen LogP contribution >= 0.6 is 11.6 Å². The molecule has 13 nitrogen and oxygen atoms in total. The van der Waals surface area contributed by atoms with Crippen molar-refractivity contribution < 1.29 is 28.7 Å². The number of anilines is 2. The smallest absolute Gasteiger partial charge is 0.411 e. The molecule has 0 aliphatic heterocycles. The number of hydrogen-bond acceptors (Lipinski definition) is 9. The zero-order chi connectivity index (χ0) is 32.7. The third-order valence-corrected chi connectivity index (χ3v) is 6.68. The lowest BCUT2D eigenvalue weighted by Crippen LogP contribution is -2.43. The molecule has 0 aliphatic rings. The number of benzene rings is 3. The van der Waals surface area contributed by atoms with E-state index < -0.39 is 29.9 Å². The van der Waals surface area contributed by atoms with Crippen LogP contribution in [0.3, 0.4) is 0 Å². The van der Waals surface area contributed by atoms with E-state index in [-0.39, 0.29) is 19.6 Å². The molecule has 238 valence electrons. The number of carbonyl (C=O) groups is 4. The van der Waals surface area contributed by atoms with Crippen LogP contribution in [0.15, 0.2) is 85.2 Å². The van der Waals surface area contributed by atoms with Crippen LogP contribution in [-0.4, -0.2) is 63.3 Å². The summed E-state index contributed by atoms with van der Waals surface area (Å²) >= 11 is 6.18. The number of ether oxygens (including phenoxy) is 2. The molecule has 4 rings (SSSR count). The Morgan fingerprint density at radius 2 is 1.70 bits per heavy atom. The summed E-state index contributed by atoms with van der Waals surface area (Å²) in [5, 5.41) is 19.8. The predicted octanol–water partition coefficient (Wildman–Crippen LogP) is 4.59. The van der Waals surface area contributed by atoms with Crippen molar-refractivity contribution in [2.75, 3.05) is 23.8 Å². The molecule has 0 saturated carbocycles. The molecule has 14 heteroatoms. The first kappa shape index (κ1) is 33.3. The van der Waals surface area contributed by atoms with E-state index in [4.69, 9.17) is 21.1 Å². The Morgan fingerprint density at radius 3 is 2.39 bits per heavy atom. The molecule has 4 aromatic rings. The Balaban J connectivity index is 1.39. The molecule has 0 spiro atoms. The van der Waals surface area contributed by atoms with Crippen molar-refractivity contribution in [1.82, 2.24) is 25.5 Å². The minimum atomic E-state index is -0.872. The topological polar surface area (TPSA) is 166 Å². The summed E-state index contributed by atoms with van der Waals surface area (Å²) in [5.74, 6) is -1.37. The Kier molecular flexibility index (Phi) is 12.4. The van der Waals surface area contributed by atoms with Crippen molar-refractivity contribution in [2.45, 2.75) is 32.2 Å². The van der Waals surface area contributed by atoms with Crippen molar-refractivity contribution in [3.8, 4) is 5.69 Å². The summed E-state index contributed by atoms with van der Waals surface area (Å²) in [5.41, 5.74) is 3.09. The van der Waals surface area contributed by atoms with Crippen LogP contribution in [0.25, 0.3) is 11.8 Å².